The maximum Gasteiger partial charge on any atom is 0.216 e. The van der Waals surface area contributed by atoms with Gasteiger partial charge in [0.1, 0.15) is 16.7 Å². The van der Waals surface area contributed by atoms with Gasteiger partial charge in [-0.05, 0) is 43.3 Å². The Morgan fingerprint density at radius 3 is 2.48 bits per heavy atom. The van der Waals surface area contributed by atoms with E-state index in [-0.39, 0.29) is 9.80 Å². The largest absolute Gasteiger partial charge is 0.497 e. The van der Waals surface area contributed by atoms with Crippen molar-refractivity contribution in [1.82, 2.24) is 4.98 Å². The number of fused-ring (bicyclic) bond motifs is 1. The molecule has 5 nitrogen and oxygen atoms in total. The quantitative estimate of drug-likeness (QED) is 0.724. The summed E-state index contributed by atoms with van der Waals surface area (Å²) in [7, 11) is -2.40. The summed E-state index contributed by atoms with van der Waals surface area (Å²) >= 11 is 0. The standard InChI is InChI=1S/C19H16N2O3S/c1-13-18(17-5-3-4-6-19(17)21-13)11-16(12-20)25(22,23)15-9-7-14(24-2)8-10-15/h3-11,21H,1-2H3. The monoisotopic (exact) mass is 352 g/mol. The first-order chi connectivity index (χ1) is 12.0. The normalized spacial score (nSPS) is 12.1. The molecule has 1 aromatic heterocycles. The number of nitrogens with one attached hydrogen (secondary N) is 1. The summed E-state index contributed by atoms with van der Waals surface area (Å²) in [5, 5.41) is 10.3. The minimum atomic E-state index is -3.91. The molecule has 3 rings (SSSR count). The lowest BCUT2D eigenvalue weighted by Gasteiger charge is -2.05. The lowest BCUT2D eigenvalue weighted by atomic mass is 10.1. The van der Waals surface area contributed by atoms with Gasteiger partial charge in [-0.1, -0.05) is 18.2 Å². The van der Waals surface area contributed by atoms with E-state index in [2.05, 4.69) is 4.98 Å². The smallest absolute Gasteiger partial charge is 0.216 e. The first kappa shape index (κ1) is 16.8. The summed E-state index contributed by atoms with van der Waals surface area (Å²) in [5.41, 5.74) is 2.40. The van der Waals surface area contributed by atoms with Crippen LogP contribution in [0.2, 0.25) is 0 Å². The number of rotatable bonds is 4. The first-order valence-electron chi connectivity index (χ1n) is 7.55. The molecule has 2 aromatic carbocycles. The molecule has 1 heterocycles. The second-order valence-corrected chi connectivity index (χ2v) is 7.43. The minimum absolute atomic E-state index is 0.0543. The van der Waals surface area contributed by atoms with Crippen LogP contribution in [-0.4, -0.2) is 20.5 Å². The molecule has 0 saturated carbocycles. The van der Waals surface area contributed by atoms with Crippen LogP contribution in [0.4, 0.5) is 0 Å². The summed E-state index contributed by atoms with van der Waals surface area (Å²) in [6.45, 7) is 1.85. The number of methoxy groups -OCH3 is 1. The number of nitriles is 1. The summed E-state index contributed by atoms with van der Waals surface area (Å²) < 4.78 is 30.6. The van der Waals surface area contributed by atoms with E-state index in [0.29, 0.717) is 11.3 Å². The van der Waals surface area contributed by atoms with Gasteiger partial charge < -0.3 is 9.72 Å². The number of aryl methyl sites for hydroxylation is 1. The van der Waals surface area contributed by atoms with Gasteiger partial charge in [-0.15, -0.1) is 0 Å². The Morgan fingerprint density at radius 2 is 1.84 bits per heavy atom. The van der Waals surface area contributed by atoms with Gasteiger partial charge in [-0.2, -0.15) is 5.26 Å². The molecule has 1 N–H and O–H groups in total. The van der Waals surface area contributed by atoms with E-state index >= 15 is 0 Å². The topological polar surface area (TPSA) is 82.9 Å². The molecular weight excluding hydrogens is 336 g/mol. The van der Waals surface area contributed by atoms with Crippen molar-refractivity contribution in [3.05, 3.63) is 64.7 Å². The summed E-state index contributed by atoms with van der Waals surface area (Å²) in [6.07, 6.45) is 1.42. The number of para-hydroxylation sites is 1. The Hall–Kier alpha value is -3.04. The summed E-state index contributed by atoms with van der Waals surface area (Å²) in [4.78, 5) is 2.95. The molecule has 0 saturated heterocycles. The second kappa shape index (κ2) is 6.46. The van der Waals surface area contributed by atoms with E-state index in [4.69, 9.17) is 4.74 Å². The molecule has 25 heavy (non-hydrogen) atoms. The third-order valence-electron chi connectivity index (χ3n) is 3.99. The number of hydrogen-bond donors (Lipinski definition) is 1. The highest BCUT2D eigenvalue weighted by molar-refractivity contribution is 7.95. The number of benzene rings is 2. The fourth-order valence-electron chi connectivity index (χ4n) is 2.67. The SMILES string of the molecule is COc1ccc(S(=O)(=O)C(C#N)=Cc2c(C)[nH]c3ccccc23)cc1. The Kier molecular flexibility index (Phi) is 4.34. The number of sulfone groups is 1. The van der Waals surface area contributed by atoms with E-state index in [1.807, 2.05) is 37.3 Å². The number of hydrogen-bond acceptors (Lipinski definition) is 4. The molecule has 126 valence electrons. The lowest BCUT2D eigenvalue weighted by Crippen LogP contribution is -2.03. The van der Waals surface area contributed by atoms with Crippen molar-refractivity contribution in [2.75, 3.05) is 7.11 Å². The van der Waals surface area contributed by atoms with Gasteiger partial charge in [0, 0.05) is 22.2 Å². The van der Waals surface area contributed by atoms with Crippen molar-refractivity contribution in [2.24, 2.45) is 0 Å². The number of aromatic amines is 1. The van der Waals surface area contributed by atoms with Crippen LogP contribution in [0.3, 0.4) is 0 Å². The molecular formula is C19H16N2O3S. The lowest BCUT2D eigenvalue weighted by molar-refractivity contribution is 0.414. The molecule has 0 atom stereocenters. The number of aromatic nitrogens is 1. The Morgan fingerprint density at radius 1 is 1.16 bits per heavy atom. The fourth-order valence-corrected chi connectivity index (χ4v) is 3.81. The fraction of sp³-hybridized carbons (Fsp3) is 0.105. The average molecular weight is 352 g/mol. The van der Waals surface area contributed by atoms with Crippen LogP contribution in [0.25, 0.3) is 17.0 Å². The van der Waals surface area contributed by atoms with Crippen LogP contribution in [0.5, 0.6) is 5.75 Å². The highest BCUT2D eigenvalue weighted by Gasteiger charge is 2.22. The molecule has 0 radical (unpaired) electrons. The van der Waals surface area contributed by atoms with Gasteiger partial charge >= 0.3 is 0 Å². The second-order valence-electron chi connectivity index (χ2n) is 5.51. The Bertz CT molecular complexity index is 1100. The van der Waals surface area contributed by atoms with Gasteiger partial charge in [0.2, 0.25) is 9.84 Å². The van der Waals surface area contributed by atoms with Crippen LogP contribution in [0.1, 0.15) is 11.3 Å². The molecule has 0 bridgehead atoms. The van der Waals surface area contributed by atoms with Crippen LogP contribution in [-0.2, 0) is 9.84 Å². The average Bonchev–Trinajstić information content (AvgIpc) is 2.94. The molecule has 0 fully saturated rings. The van der Waals surface area contributed by atoms with E-state index in [9.17, 15) is 13.7 Å². The zero-order valence-corrected chi connectivity index (χ0v) is 14.6. The Balaban J connectivity index is 2.13. The van der Waals surface area contributed by atoms with Crippen molar-refractivity contribution in [3.63, 3.8) is 0 Å². The third-order valence-corrected chi connectivity index (χ3v) is 5.67. The zero-order chi connectivity index (χ0) is 18.0. The molecule has 0 aliphatic heterocycles. The highest BCUT2D eigenvalue weighted by Crippen LogP contribution is 2.28. The van der Waals surface area contributed by atoms with Gasteiger partial charge in [-0.3, -0.25) is 0 Å². The van der Waals surface area contributed by atoms with Crippen LogP contribution in [0.15, 0.2) is 58.3 Å². The maximum absolute atomic E-state index is 12.8. The van der Waals surface area contributed by atoms with Crippen molar-refractivity contribution in [3.8, 4) is 11.8 Å². The molecule has 0 unspecified atom stereocenters. The number of ether oxygens (including phenoxy) is 1. The van der Waals surface area contributed by atoms with Gasteiger partial charge in [0.05, 0.1) is 12.0 Å². The van der Waals surface area contributed by atoms with Gasteiger partial charge in [-0.25, -0.2) is 8.42 Å². The van der Waals surface area contributed by atoms with E-state index in [1.165, 1.54) is 25.3 Å². The van der Waals surface area contributed by atoms with Crippen LogP contribution >= 0.6 is 0 Å². The van der Waals surface area contributed by atoms with Crippen molar-refractivity contribution < 1.29 is 13.2 Å². The minimum Gasteiger partial charge on any atom is -0.497 e. The van der Waals surface area contributed by atoms with Crippen molar-refractivity contribution in [1.29, 1.82) is 5.26 Å². The molecule has 0 aliphatic carbocycles. The number of allylic oxidation sites excluding steroid dienone is 1. The van der Waals surface area contributed by atoms with Crippen molar-refractivity contribution in [2.45, 2.75) is 11.8 Å². The molecule has 0 amide bonds. The Labute approximate surface area is 146 Å². The van der Waals surface area contributed by atoms with Crippen molar-refractivity contribution >= 4 is 26.8 Å². The van der Waals surface area contributed by atoms with E-state index in [0.717, 1.165) is 16.6 Å². The predicted octanol–water partition coefficient (Wildman–Crippen LogP) is 3.82. The third kappa shape index (κ3) is 3.02. The summed E-state index contributed by atoms with van der Waals surface area (Å²) in [5.74, 6) is 0.550. The van der Waals surface area contributed by atoms with E-state index < -0.39 is 9.84 Å². The molecule has 6 heteroatoms. The number of nitrogens with zero attached hydrogens (tertiary/aromatic N) is 1. The van der Waals surface area contributed by atoms with Crippen LogP contribution in [0, 0.1) is 18.3 Å². The zero-order valence-electron chi connectivity index (χ0n) is 13.8. The first-order valence-corrected chi connectivity index (χ1v) is 9.04. The molecule has 3 aromatic rings. The predicted molar refractivity (Wildman–Crippen MR) is 96.8 cm³/mol. The van der Waals surface area contributed by atoms with E-state index in [1.54, 1.807) is 12.1 Å². The molecule has 0 aliphatic rings. The summed E-state index contributed by atoms with van der Waals surface area (Å²) in [6, 6.07) is 15.4. The molecule has 0 spiro atoms. The van der Waals surface area contributed by atoms with Gasteiger partial charge in [0.15, 0.2) is 0 Å². The number of H-pyrrole nitrogens is 1. The van der Waals surface area contributed by atoms with Crippen LogP contribution < -0.4 is 4.74 Å². The van der Waals surface area contributed by atoms with Gasteiger partial charge in [0.25, 0.3) is 0 Å². The maximum atomic E-state index is 12.8. The highest BCUT2D eigenvalue weighted by atomic mass is 32.2.